The molecule has 2 aromatic heterocycles. The Kier molecular flexibility index (Phi) is 5.50. The Bertz CT molecular complexity index is 914. The van der Waals surface area contributed by atoms with Gasteiger partial charge in [0.15, 0.2) is 11.4 Å². The number of fused-ring (bicyclic) bond motifs is 1. The van der Waals surface area contributed by atoms with Crippen molar-refractivity contribution in [1.29, 1.82) is 0 Å². The van der Waals surface area contributed by atoms with E-state index in [1.54, 1.807) is 6.26 Å². The highest BCUT2D eigenvalue weighted by molar-refractivity contribution is 5.90. The fourth-order valence-corrected chi connectivity index (χ4v) is 3.57. The third-order valence-corrected chi connectivity index (χ3v) is 5.28. The average molecular weight is 381 g/mol. The summed E-state index contributed by atoms with van der Waals surface area (Å²) in [4.78, 5) is 9.73. The number of aliphatic hydroxyl groups is 1. The molecule has 1 N–H and O–H groups in total. The van der Waals surface area contributed by atoms with Crippen molar-refractivity contribution in [3.8, 4) is 17.0 Å². The largest absolute Gasteiger partial charge is 0.488 e. The van der Waals surface area contributed by atoms with Gasteiger partial charge in [0.2, 0.25) is 0 Å². The maximum absolute atomic E-state index is 9.14. The van der Waals surface area contributed by atoms with Crippen LogP contribution < -0.4 is 9.64 Å². The number of anilines is 1. The molecule has 1 fully saturated rings. The standard InChI is InChI=1S/C22H27N3O3/c1-3-24-9-11-25(12-10-24)22-21-18(8-13-27-21)14-20(23-22)17-4-6-19(7-5-17)28-16(2)15-26/h4-8,13-14,16,26H,3,9-12,15H2,1-2H3. The Labute approximate surface area is 165 Å². The third-order valence-electron chi connectivity index (χ3n) is 5.28. The molecular formula is C22H27N3O3. The van der Waals surface area contributed by atoms with Crippen LogP contribution in [0, 0.1) is 0 Å². The summed E-state index contributed by atoms with van der Waals surface area (Å²) in [5.41, 5.74) is 2.80. The molecule has 1 aliphatic heterocycles. The van der Waals surface area contributed by atoms with Gasteiger partial charge in [-0.15, -0.1) is 0 Å². The molecule has 3 aromatic rings. The molecule has 1 aliphatic rings. The summed E-state index contributed by atoms with van der Waals surface area (Å²) in [6.07, 6.45) is 1.51. The molecule has 148 valence electrons. The Hall–Kier alpha value is -2.57. The number of piperazine rings is 1. The highest BCUT2D eigenvalue weighted by Crippen LogP contribution is 2.32. The van der Waals surface area contributed by atoms with Gasteiger partial charge in [-0.25, -0.2) is 4.98 Å². The lowest BCUT2D eigenvalue weighted by Gasteiger charge is -2.34. The maximum atomic E-state index is 9.14. The summed E-state index contributed by atoms with van der Waals surface area (Å²) in [7, 11) is 0. The van der Waals surface area contributed by atoms with E-state index in [1.807, 2.05) is 37.3 Å². The number of likely N-dealkylation sites (N-methyl/N-ethyl adjacent to an activating group) is 1. The maximum Gasteiger partial charge on any atom is 0.176 e. The molecule has 6 heteroatoms. The van der Waals surface area contributed by atoms with Crippen LogP contribution in [0.1, 0.15) is 13.8 Å². The molecule has 0 saturated carbocycles. The first-order valence-corrected chi connectivity index (χ1v) is 9.91. The van der Waals surface area contributed by atoms with Crippen LogP contribution in [-0.2, 0) is 0 Å². The van der Waals surface area contributed by atoms with Gasteiger partial charge in [-0.2, -0.15) is 0 Å². The average Bonchev–Trinajstić information content (AvgIpc) is 3.22. The molecule has 0 spiro atoms. The normalized spacial score (nSPS) is 16.5. The van der Waals surface area contributed by atoms with Crippen LogP contribution >= 0.6 is 0 Å². The molecule has 1 unspecified atom stereocenters. The smallest absolute Gasteiger partial charge is 0.176 e. The first-order valence-electron chi connectivity index (χ1n) is 9.91. The van der Waals surface area contributed by atoms with Crippen molar-refractivity contribution >= 4 is 16.8 Å². The Morgan fingerprint density at radius 2 is 1.89 bits per heavy atom. The lowest BCUT2D eigenvalue weighted by atomic mass is 10.1. The molecule has 1 saturated heterocycles. The van der Waals surface area contributed by atoms with Crippen molar-refractivity contribution in [3.05, 3.63) is 42.7 Å². The fourth-order valence-electron chi connectivity index (χ4n) is 3.57. The van der Waals surface area contributed by atoms with E-state index in [9.17, 15) is 0 Å². The summed E-state index contributed by atoms with van der Waals surface area (Å²) in [6.45, 7) is 9.11. The SMILES string of the molecule is CCN1CCN(c2nc(-c3ccc(OC(C)CO)cc3)cc3ccoc23)CC1. The number of hydrogen-bond acceptors (Lipinski definition) is 6. The van der Waals surface area contributed by atoms with Gasteiger partial charge >= 0.3 is 0 Å². The van der Waals surface area contributed by atoms with Crippen molar-refractivity contribution in [2.75, 3.05) is 44.2 Å². The number of ether oxygens (including phenoxy) is 1. The Morgan fingerprint density at radius 1 is 1.14 bits per heavy atom. The van der Waals surface area contributed by atoms with E-state index in [0.29, 0.717) is 0 Å². The zero-order chi connectivity index (χ0) is 19.5. The molecule has 3 heterocycles. The van der Waals surface area contributed by atoms with Gasteiger partial charge in [0.25, 0.3) is 0 Å². The quantitative estimate of drug-likeness (QED) is 0.706. The minimum Gasteiger partial charge on any atom is -0.488 e. The van der Waals surface area contributed by atoms with E-state index in [1.165, 1.54) is 0 Å². The van der Waals surface area contributed by atoms with E-state index < -0.39 is 0 Å². The molecule has 1 aromatic carbocycles. The first kappa shape index (κ1) is 18.8. The molecule has 28 heavy (non-hydrogen) atoms. The number of pyridine rings is 1. The molecule has 0 aliphatic carbocycles. The van der Waals surface area contributed by atoms with Gasteiger partial charge < -0.3 is 24.1 Å². The second-order valence-corrected chi connectivity index (χ2v) is 7.23. The van der Waals surface area contributed by atoms with Crippen molar-refractivity contribution in [3.63, 3.8) is 0 Å². The third kappa shape index (κ3) is 3.84. The highest BCUT2D eigenvalue weighted by Gasteiger charge is 2.21. The summed E-state index contributed by atoms with van der Waals surface area (Å²) >= 11 is 0. The van der Waals surface area contributed by atoms with E-state index in [4.69, 9.17) is 19.2 Å². The van der Waals surface area contributed by atoms with Gasteiger partial charge in [0, 0.05) is 37.1 Å². The molecule has 0 bridgehead atoms. The van der Waals surface area contributed by atoms with Crippen LogP contribution in [0.4, 0.5) is 5.82 Å². The van der Waals surface area contributed by atoms with Crippen LogP contribution in [0.2, 0.25) is 0 Å². The van der Waals surface area contributed by atoms with Crippen LogP contribution in [-0.4, -0.2) is 60.4 Å². The minimum atomic E-state index is -0.223. The number of aliphatic hydroxyl groups excluding tert-OH is 1. The summed E-state index contributed by atoms with van der Waals surface area (Å²) in [5, 5.41) is 10.2. The Balaban J connectivity index is 1.63. The van der Waals surface area contributed by atoms with E-state index in [2.05, 4.69) is 22.8 Å². The van der Waals surface area contributed by atoms with Crippen LogP contribution in [0.3, 0.4) is 0 Å². The fraction of sp³-hybridized carbons (Fsp3) is 0.409. The summed E-state index contributed by atoms with van der Waals surface area (Å²) in [5.74, 6) is 1.66. The van der Waals surface area contributed by atoms with E-state index in [0.717, 1.165) is 66.5 Å². The number of benzene rings is 1. The first-order chi connectivity index (χ1) is 13.7. The van der Waals surface area contributed by atoms with Crippen molar-refractivity contribution < 1.29 is 14.3 Å². The monoisotopic (exact) mass is 381 g/mol. The number of nitrogens with zero attached hydrogens (tertiary/aromatic N) is 3. The predicted octanol–water partition coefficient (Wildman–Crippen LogP) is 3.40. The second kappa shape index (κ2) is 8.20. The van der Waals surface area contributed by atoms with E-state index >= 15 is 0 Å². The number of hydrogen-bond donors (Lipinski definition) is 1. The molecule has 4 rings (SSSR count). The van der Waals surface area contributed by atoms with E-state index in [-0.39, 0.29) is 12.7 Å². The van der Waals surface area contributed by atoms with Crippen LogP contribution in [0.5, 0.6) is 5.75 Å². The minimum absolute atomic E-state index is 0.00484. The van der Waals surface area contributed by atoms with Gasteiger partial charge in [0.05, 0.1) is 18.6 Å². The van der Waals surface area contributed by atoms with Gasteiger partial charge in [-0.3, -0.25) is 0 Å². The number of furan rings is 1. The lowest BCUT2D eigenvalue weighted by Crippen LogP contribution is -2.46. The molecule has 0 amide bonds. The zero-order valence-corrected chi connectivity index (χ0v) is 16.5. The Morgan fingerprint density at radius 3 is 2.57 bits per heavy atom. The number of rotatable bonds is 6. The molecule has 0 radical (unpaired) electrons. The van der Waals surface area contributed by atoms with Crippen molar-refractivity contribution in [1.82, 2.24) is 9.88 Å². The lowest BCUT2D eigenvalue weighted by molar-refractivity contribution is 0.130. The van der Waals surface area contributed by atoms with Crippen LogP contribution in [0.15, 0.2) is 47.1 Å². The van der Waals surface area contributed by atoms with Crippen molar-refractivity contribution in [2.45, 2.75) is 20.0 Å². The van der Waals surface area contributed by atoms with Gasteiger partial charge in [-0.1, -0.05) is 6.92 Å². The topological polar surface area (TPSA) is 62.0 Å². The summed E-state index contributed by atoms with van der Waals surface area (Å²) in [6, 6.07) is 11.9. The molecular weight excluding hydrogens is 354 g/mol. The molecule has 1 atom stereocenters. The second-order valence-electron chi connectivity index (χ2n) is 7.23. The van der Waals surface area contributed by atoms with Gasteiger partial charge in [-0.05, 0) is 49.9 Å². The van der Waals surface area contributed by atoms with Crippen LogP contribution in [0.25, 0.3) is 22.2 Å². The molecule has 6 nitrogen and oxygen atoms in total. The predicted molar refractivity (Wildman–Crippen MR) is 111 cm³/mol. The van der Waals surface area contributed by atoms with Crippen molar-refractivity contribution in [2.24, 2.45) is 0 Å². The zero-order valence-electron chi connectivity index (χ0n) is 16.5. The number of aromatic nitrogens is 1. The highest BCUT2D eigenvalue weighted by atomic mass is 16.5. The summed E-state index contributed by atoms with van der Waals surface area (Å²) < 4.78 is 11.4. The van der Waals surface area contributed by atoms with Gasteiger partial charge in [0.1, 0.15) is 11.9 Å².